The first-order valence-electron chi connectivity index (χ1n) is 3.66. The summed E-state index contributed by atoms with van der Waals surface area (Å²) in [6, 6.07) is 0. The van der Waals surface area contributed by atoms with Crippen molar-refractivity contribution in [2.45, 2.75) is 6.92 Å². The van der Waals surface area contributed by atoms with Gasteiger partial charge in [0.25, 0.3) is 0 Å². The van der Waals surface area contributed by atoms with E-state index in [1.165, 1.54) is 16.9 Å². The van der Waals surface area contributed by atoms with Crippen LogP contribution >= 0.6 is 34.3 Å². The van der Waals surface area contributed by atoms with Crippen molar-refractivity contribution in [3.8, 4) is 0 Å². The van der Waals surface area contributed by atoms with Crippen molar-refractivity contribution in [3.05, 3.63) is 26.9 Å². The molecule has 0 unspecified atom stereocenters. The van der Waals surface area contributed by atoms with Crippen LogP contribution in [0.15, 0.2) is 16.1 Å². The molecule has 68 valence electrons. The Balaban J connectivity index is 2.19. The van der Waals surface area contributed by atoms with Crippen molar-refractivity contribution in [2.75, 3.05) is 5.32 Å². The molecular weight excluding hydrogens is 224 g/mol. The fraction of sp³-hybridized carbons (Fsp3) is 0.125. The Labute approximate surface area is 89.2 Å². The Morgan fingerprint density at radius 2 is 2.23 bits per heavy atom. The van der Waals surface area contributed by atoms with Crippen molar-refractivity contribution in [1.29, 1.82) is 0 Å². The Morgan fingerprint density at radius 3 is 2.77 bits per heavy atom. The van der Waals surface area contributed by atoms with Gasteiger partial charge in [0.15, 0.2) is 5.13 Å². The quantitative estimate of drug-likeness (QED) is 0.846. The van der Waals surface area contributed by atoms with Crippen LogP contribution in [0.4, 0.5) is 10.8 Å². The van der Waals surface area contributed by atoms with Crippen LogP contribution in [0.5, 0.6) is 0 Å². The highest BCUT2D eigenvalue weighted by Gasteiger charge is 2.02. The molecule has 5 heteroatoms. The second kappa shape index (κ2) is 3.65. The van der Waals surface area contributed by atoms with E-state index in [-0.39, 0.29) is 0 Å². The maximum Gasteiger partial charge on any atom is 0.188 e. The highest BCUT2D eigenvalue weighted by atomic mass is 35.5. The van der Waals surface area contributed by atoms with Crippen LogP contribution in [0, 0.1) is 6.92 Å². The van der Waals surface area contributed by atoms with E-state index in [0.29, 0.717) is 5.15 Å². The molecule has 0 aliphatic carbocycles. The van der Waals surface area contributed by atoms with Gasteiger partial charge in [0.05, 0.1) is 5.69 Å². The van der Waals surface area contributed by atoms with Crippen molar-refractivity contribution in [2.24, 2.45) is 0 Å². The number of rotatable bonds is 2. The van der Waals surface area contributed by atoms with Gasteiger partial charge < -0.3 is 5.32 Å². The van der Waals surface area contributed by atoms with Gasteiger partial charge in [-0.15, -0.1) is 22.7 Å². The van der Waals surface area contributed by atoms with Gasteiger partial charge in [-0.2, -0.15) is 0 Å². The molecule has 0 aromatic carbocycles. The zero-order valence-corrected chi connectivity index (χ0v) is 9.26. The van der Waals surface area contributed by atoms with E-state index in [1.807, 2.05) is 5.38 Å². The predicted octanol–water partition coefficient (Wildman–Crippen LogP) is 3.91. The van der Waals surface area contributed by atoms with E-state index in [9.17, 15) is 0 Å². The maximum absolute atomic E-state index is 5.70. The van der Waals surface area contributed by atoms with Gasteiger partial charge in [0.1, 0.15) is 5.15 Å². The monoisotopic (exact) mass is 230 g/mol. The first kappa shape index (κ1) is 8.99. The predicted molar refractivity (Wildman–Crippen MR) is 59.5 cm³/mol. The lowest BCUT2D eigenvalue weighted by Gasteiger charge is -1.99. The molecule has 0 aliphatic rings. The van der Waals surface area contributed by atoms with Gasteiger partial charge in [-0.3, -0.25) is 0 Å². The van der Waals surface area contributed by atoms with Crippen LogP contribution < -0.4 is 5.32 Å². The summed E-state index contributed by atoms with van der Waals surface area (Å²) >= 11 is 8.88. The molecule has 0 spiro atoms. The third kappa shape index (κ3) is 2.02. The van der Waals surface area contributed by atoms with E-state index in [4.69, 9.17) is 11.6 Å². The molecule has 0 fully saturated rings. The third-order valence-corrected chi connectivity index (χ3v) is 3.52. The number of halogens is 1. The number of anilines is 2. The standard InChI is InChI=1S/C8H7ClN2S2/c1-5-2-12-3-6(5)10-8-11-7(9)4-13-8/h2-4H,1H3,(H,10,11). The van der Waals surface area contributed by atoms with Crippen LogP contribution in [-0.2, 0) is 0 Å². The van der Waals surface area contributed by atoms with Crippen LogP contribution in [0.1, 0.15) is 5.56 Å². The second-order valence-electron chi connectivity index (χ2n) is 2.57. The van der Waals surface area contributed by atoms with Crippen molar-refractivity contribution in [3.63, 3.8) is 0 Å². The molecule has 2 aromatic rings. The number of thiophene rings is 1. The largest absolute Gasteiger partial charge is 0.331 e. The molecule has 0 radical (unpaired) electrons. The molecule has 0 aliphatic heterocycles. The normalized spacial score (nSPS) is 10.3. The molecule has 1 N–H and O–H groups in total. The lowest BCUT2D eigenvalue weighted by molar-refractivity contribution is 1.38. The molecule has 2 aromatic heterocycles. The van der Waals surface area contributed by atoms with E-state index in [2.05, 4.69) is 28.0 Å². The number of hydrogen-bond acceptors (Lipinski definition) is 4. The Kier molecular flexibility index (Phi) is 2.53. The van der Waals surface area contributed by atoms with E-state index in [1.54, 1.807) is 11.3 Å². The molecule has 0 saturated carbocycles. The average Bonchev–Trinajstić information content (AvgIpc) is 2.64. The Hall–Kier alpha value is -0.580. The SMILES string of the molecule is Cc1cscc1Nc1nc(Cl)cs1. The molecule has 2 rings (SSSR count). The van der Waals surface area contributed by atoms with Gasteiger partial charge in [0.2, 0.25) is 0 Å². The summed E-state index contributed by atoms with van der Waals surface area (Å²) in [7, 11) is 0. The fourth-order valence-corrected chi connectivity index (χ4v) is 2.55. The Bertz CT molecular complexity index is 408. The van der Waals surface area contributed by atoms with Crippen LogP contribution in [0.2, 0.25) is 5.15 Å². The average molecular weight is 231 g/mol. The summed E-state index contributed by atoms with van der Waals surface area (Å²) in [6.45, 7) is 2.06. The summed E-state index contributed by atoms with van der Waals surface area (Å²) < 4.78 is 0. The van der Waals surface area contributed by atoms with Gasteiger partial charge in [-0.25, -0.2) is 4.98 Å². The minimum atomic E-state index is 0.542. The number of hydrogen-bond donors (Lipinski definition) is 1. The van der Waals surface area contributed by atoms with E-state index < -0.39 is 0 Å². The molecule has 13 heavy (non-hydrogen) atoms. The van der Waals surface area contributed by atoms with Gasteiger partial charge in [0, 0.05) is 10.8 Å². The van der Waals surface area contributed by atoms with E-state index >= 15 is 0 Å². The lowest BCUT2D eigenvalue weighted by atomic mass is 10.3. The van der Waals surface area contributed by atoms with E-state index in [0.717, 1.165) is 10.8 Å². The number of nitrogens with zero attached hydrogens (tertiary/aromatic N) is 1. The van der Waals surface area contributed by atoms with Crippen molar-refractivity contribution in [1.82, 2.24) is 4.98 Å². The van der Waals surface area contributed by atoms with Crippen LogP contribution in [0.3, 0.4) is 0 Å². The molecule has 0 atom stereocenters. The summed E-state index contributed by atoms with van der Waals surface area (Å²) in [4.78, 5) is 4.10. The van der Waals surface area contributed by atoms with Gasteiger partial charge in [-0.05, 0) is 17.9 Å². The lowest BCUT2D eigenvalue weighted by Crippen LogP contribution is -1.88. The maximum atomic E-state index is 5.70. The van der Waals surface area contributed by atoms with Crippen molar-refractivity contribution < 1.29 is 0 Å². The molecular formula is C8H7ClN2S2. The second-order valence-corrected chi connectivity index (χ2v) is 4.56. The molecule has 0 amide bonds. The highest BCUT2D eigenvalue weighted by Crippen LogP contribution is 2.27. The zero-order valence-electron chi connectivity index (χ0n) is 6.87. The highest BCUT2D eigenvalue weighted by molar-refractivity contribution is 7.14. The molecule has 0 saturated heterocycles. The van der Waals surface area contributed by atoms with Gasteiger partial charge in [-0.1, -0.05) is 11.6 Å². The van der Waals surface area contributed by atoms with Crippen LogP contribution in [0.25, 0.3) is 0 Å². The minimum Gasteiger partial charge on any atom is -0.331 e. The van der Waals surface area contributed by atoms with Crippen LogP contribution in [-0.4, -0.2) is 4.98 Å². The number of nitrogens with one attached hydrogen (secondary N) is 1. The Morgan fingerprint density at radius 1 is 1.38 bits per heavy atom. The van der Waals surface area contributed by atoms with Gasteiger partial charge >= 0.3 is 0 Å². The third-order valence-electron chi connectivity index (χ3n) is 1.57. The zero-order chi connectivity index (χ0) is 9.26. The molecule has 2 nitrogen and oxygen atoms in total. The first-order chi connectivity index (χ1) is 6.25. The molecule has 0 bridgehead atoms. The summed E-state index contributed by atoms with van der Waals surface area (Å²) in [5.41, 5.74) is 2.34. The summed E-state index contributed by atoms with van der Waals surface area (Å²) in [5.74, 6) is 0. The topological polar surface area (TPSA) is 24.9 Å². The number of thiazole rings is 1. The number of aromatic nitrogens is 1. The number of aryl methyl sites for hydroxylation is 1. The van der Waals surface area contributed by atoms with Crippen molar-refractivity contribution >= 4 is 45.1 Å². The molecule has 2 heterocycles. The smallest absolute Gasteiger partial charge is 0.188 e. The minimum absolute atomic E-state index is 0.542. The first-order valence-corrected chi connectivity index (χ1v) is 5.86. The summed E-state index contributed by atoms with van der Waals surface area (Å²) in [6.07, 6.45) is 0. The summed E-state index contributed by atoms with van der Waals surface area (Å²) in [5, 5.41) is 10.6. The fourth-order valence-electron chi connectivity index (χ4n) is 0.915.